The number of hydrogen-bond acceptors (Lipinski definition) is 3. The van der Waals surface area contributed by atoms with Crippen LogP contribution in [0.3, 0.4) is 0 Å². The highest BCUT2D eigenvalue weighted by molar-refractivity contribution is 7.80. The van der Waals surface area contributed by atoms with E-state index in [-0.39, 0.29) is 0 Å². The first kappa shape index (κ1) is 9.79. The lowest BCUT2D eigenvalue weighted by Gasteiger charge is -2.09. The third kappa shape index (κ3) is 1.73. The standard InChI is InChI=1S/C10H10N4S/c1-7-3-5-12-10(8(7)9(11)15)14-6-2-4-13-14/h2-6H,1H3,(H2,11,15). The van der Waals surface area contributed by atoms with E-state index in [9.17, 15) is 0 Å². The summed E-state index contributed by atoms with van der Waals surface area (Å²) in [4.78, 5) is 4.58. The van der Waals surface area contributed by atoms with Crippen molar-refractivity contribution in [1.82, 2.24) is 14.8 Å². The largest absolute Gasteiger partial charge is 0.389 e. The third-order valence-electron chi connectivity index (χ3n) is 2.11. The van der Waals surface area contributed by atoms with Gasteiger partial charge < -0.3 is 5.73 Å². The van der Waals surface area contributed by atoms with Crippen LogP contribution in [-0.2, 0) is 0 Å². The van der Waals surface area contributed by atoms with Gasteiger partial charge in [0, 0.05) is 18.6 Å². The molecule has 15 heavy (non-hydrogen) atoms. The first-order valence-electron chi connectivity index (χ1n) is 4.45. The molecule has 2 rings (SSSR count). The van der Waals surface area contributed by atoms with Gasteiger partial charge in [0.25, 0.3) is 0 Å². The van der Waals surface area contributed by atoms with Gasteiger partial charge in [-0.15, -0.1) is 0 Å². The highest BCUT2D eigenvalue weighted by Crippen LogP contribution is 2.14. The minimum absolute atomic E-state index is 0.339. The molecule has 2 heterocycles. The summed E-state index contributed by atoms with van der Waals surface area (Å²) in [7, 11) is 0. The summed E-state index contributed by atoms with van der Waals surface area (Å²) in [6.07, 6.45) is 5.21. The number of nitrogens with two attached hydrogens (primary N) is 1. The number of rotatable bonds is 2. The molecule has 0 bridgehead atoms. The third-order valence-corrected chi connectivity index (χ3v) is 2.31. The molecule has 0 atom stereocenters. The van der Waals surface area contributed by atoms with Crippen LogP contribution in [0.1, 0.15) is 11.1 Å². The van der Waals surface area contributed by atoms with Gasteiger partial charge in [0.05, 0.1) is 5.56 Å². The SMILES string of the molecule is Cc1ccnc(-n2cccn2)c1C(N)=S. The second kappa shape index (κ2) is 3.78. The summed E-state index contributed by atoms with van der Waals surface area (Å²) < 4.78 is 1.65. The Morgan fingerprint density at radius 1 is 1.47 bits per heavy atom. The van der Waals surface area contributed by atoms with Gasteiger partial charge in [-0.1, -0.05) is 12.2 Å². The Morgan fingerprint density at radius 2 is 2.27 bits per heavy atom. The van der Waals surface area contributed by atoms with Gasteiger partial charge in [0.2, 0.25) is 0 Å². The van der Waals surface area contributed by atoms with Gasteiger partial charge in [-0.3, -0.25) is 0 Å². The average molecular weight is 218 g/mol. The molecule has 76 valence electrons. The van der Waals surface area contributed by atoms with Gasteiger partial charge in [-0.2, -0.15) is 5.10 Å². The average Bonchev–Trinajstić information content (AvgIpc) is 2.69. The van der Waals surface area contributed by atoms with Crippen LogP contribution in [0, 0.1) is 6.92 Å². The van der Waals surface area contributed by atoms with Crippen molar-refractivity contribution in [3.63, 3.8) is 0 Å². The molecule has 0 amide bonds. The molecule has 0 fully saturated rings. The second-order valence-corrected chi connectivity index (χ2v) is 3.58. The van der Waals surface area contributed by atoms with E-state index in [0.717, 1.165) is 11.1 Å². The fourth-order valence-corrected chi connectivity index (χ4v) is 1.67. The lowest BCUT2D eigenvalue weighted by molar-refractivity contribution is 0.842. The fourth-order valence-electron chi connectivity index (χ4n) is 1.42. The molecule has 0 spiro atoms. The minimum atomic E-state index is 0.339. The lowest BCUT2D eigenvalue weighted by Crippen LogP contribution is -2.16. The monoisotopic (exact) mass is 218 g/mol. The molecule has 0 aliphatic carbocycles. The topological polar surface area (TPSA) is 56.7 Å². The van der Waals surface area contributed by atoms with Crippen LogP contribution in [0.2, 0.25) is 0 Å². The van der Waals surface area contributed by atoms with Gasteiger partial charge in [-0.25, -0.2) is 9.67 Å². The first-order chi connectivity index (χ1) is 7.20. The summed E-state index contributed by atoms with van der Waals surface area (Å²) in [5.41, 5.74) is 7.45. The van der Waals surface area contributed by atoms with Crippen molar-refractivity contribution in [2.45, 2.75) is 6.92 Å². The minimum Gasteiger partial charge on any atom is -0.389 e. The molecule has 0 saturated carbocycles. The van der Waals surface area contributed by atoms with E-state index >= 15 is 0 Å². The number of pyridine rings is 1. The van der Waals surface area contributed by atoms with E-state index in [1.165, 1.54) is 0 Å². The van der Waals surface area contributed by atoms with E-state index in [0.29, 0.717) is 10.8 Å². The number of thiocarbonyl (C=S) groups is 1. The molecule has 2 aromatic heterocycles. The fraction of sp³-hybridized carbons (Fsp3) is 0.100. The quantitative estimate of drug-likeness (QED) is 0.770. The summed E-state index contributed by atoms with van der Waals surface area (Å²) in [6, 6.07) is 3.70. The zero-order chi connectivity index (χ0) is 10.8. The van der Waals surface area contributed by atoms with Crippen molar-refractivity contribution in [2.75, 3.05) is 0 Å². The zero-order valence-corrected chi connectivity index (χ0v) is 9.03. The molecule has 0 unspecified atom stereocenters. The van der Waals surface area contributed by atoms with Crippen LogP contribution in [-0.4, -0.2) is 19.8 Å². The van der Waals surface area contributed by atoms with Gasteiger partial charge in [0.15, 0.2) is 5.82 Å². The molecular formula is C10H10N4S. The molecule has 0 radical (unpaired) electrons. The van der Waals surface area contributed by atoms with E-state index in [1.54, 1.807) is 17.1 Å². The maximum Gasteiger partial charge on any atom is 0.163 e. The van der Waals surface area contributed by atoms with Crippen LogP contribution in [0.15, 0.2) is 30.7 Å². The molecule has 4 nitrogen and oxygen atoms in total. The summed E-state index contributed by atoms with van der Waals surface area (Å²) >= 11 is 5.01. The van der Waals surface area contributed by atoms with Crippen LogP contribution < -0.4 is 5.73 Å². The second-order valence-electron chi connectivity index (χ2n) is 3.14. The maximum atomic E-state index is 5.67. The Kier molecular flexibility index (Phi) is 2.47. The molecular weight excluding hydrogens is 208 g/mol. The summed E-state index contributed by atoms with van der Waals surface area (Å²) in [5, 5.41) is 4.11. The van der Waals surface area contributed by atoms with E-state index in [4.69, 9.17) is 18.0 Å². The molecule has 0 aliphatic rings. The van der Waals surface area contributed by atoms with Crippen molar-refractivity contribution in [3.8, 4) is 5.82 Å². The smallest absolute Gasteiger partial charge is 0.163 e. The van der Waals surface area contributed by atoms with Crippen LogP contribution in [0.4, 0.5) is 0 Å². The summed E-state index contributed by atoms with van der Waals surface area (Å²) in [5.74, 6) is 0.674. The van der Waals surface area contributed by atoms with Crippen LogP contribution >= 0.6 is 12.2 Å². The molecule has 0 aromatic carbocycles. The Hall–Kier alpha value is -1.75. The van der Waals surface area contributed by atoms with E-state index < -0.39 is 0 Å². The normalized spacial score (nSPS) is 10.2. The van der Waals surface area contributed by atoms with Crippen molar-refractivity contribution < 1.29 is 0 Å². The van der Waals surface area contributed by atoms with Crippen LogP contribution in [0.5, 0.6) is 0 Å². The summed E-state index contributed by atoms with van der Waals surface area (Å²) in [6.45, 7) is 1.95. The first-order valence-corrected chi connectivity index (χ1v) is 4.86. The van der Waals surface area contributed by atoms with Crippen molar-refractivity contribution in [2.24, 2.45) is 5.73 Å². The Balaban J connectivity index is 2.66. The maximum absolute atomic E-state index is 5.67. The molecule has 0 aliphatic heterocycles. The lowest BCUT2D eigenvalue weighted by atomic mass is 10.1. The number of aromatic nitrogens is 3. The Morgan fingerprint density at radius 3 is 2.87 bits per heavy atom. The van der Waals surface area contributed by atoms with Crippen LogP contribution in [0.25, 0.3) is 5.82 Å². The number of aryl methyl sites for hydroxylation is 1. The van der Waals surface area contributed by atoms with Crippen molar-refractivity contribution >= 4 is 17.2 Å². The van der Waals surface area contributed by atoms with Gasteiger partial charge in [0.1, 0.15) is 4.99 Å². The zero-order valence-electron chi connectivity index (χ0n) is 8.21. The Bertz CT molecular complexity index is 490. The molecule has 0 saturated heterocycles. The van der Waals surface area contributed by atoms with Gasteiger partial charge >= 0.3 is 0 Å². The molecule has 2 N–H and O–H groups in total. The van der Waals surface area contributed by atoms with E-state index in [2.05, 4.69) is 10.1 Å². The predicted octanol–water partition coefficient (Wildman–Crippen LogP) is 1.21. The number of nitrogens with zero attached hydrogens (tertiary/aromatic N) is 3. The highest BCUT2D eigenvalue weighted by atomic mass is 32.1. The van der Waals surface area contributed by atoms with Crippen molar-refractivity contribution in [1.29, 1.82) is 0 Å². The van der Waals surface area contributed by atoms with E-state index in [1.807, 2.05) is 25.3 Å². The number of hydrogen-bond donors (Lipinski definition) is 1. The predicted molar refractivity (Wildman–Crippen MR) is 62.0 cm³/mol. The molecule has 2 aromatic rings. The highest BCUT2D eigenvalue weighted by Gasteiger charge is 2.11. The van der Waals surface area contributed by atoms with Crippen molar-refractivity contribution in [3.05, 3.63) is 41.9 Å². The molecule has 5 heteroatoms. The Labute approximate surface area is 92.7 Å². The van der Waals surface area contributed by atoms with Gasteiger partial charge in [-0.05, 0) is 24.6 Å².